The number of nitrogens with one attached hydrogen (secondary N) is 1. The molecule has 0 bridgehead atoms. The van der Waals surface area contributed by atoms with Crippen LogP contribution in [0.15, 0.2) is 57.9 Å². The van der Waals surface area contributed by atoms with Crippen molar-refractivity contribution < 1.29 is 17.7 Å². The predicted molar refractivity (Wildman–Crippen MR) is 116 cm³/mol. The van der Waals surface area contributed by atoms with Gasteiger partial charge in [-0.05, 0) is 55.7 Å². The smallest absolute Gasteiger partial charge is 0.258 e. The lowest BCUT2D eigenvalue weighted by Gasteiger charge is -2.29. The van der Waals surface area contributed by atoms with Crippen molar-refractivity contribution in [1.29, 1.82) is 0 Å². The molecule has 0 spiro atoms. The molecule has 1 aromatic heterocycles. The minimum atomic E-state index is -3.60. The summed E-state index contributed by atoms with van der Waals surface area (Å²) in [5.41, 5.74) is 2.53. The van der Waals surface area contributed by atoms with Crippen LogP contribution in [0.3, 0.4) is 0 Å². The highest BCUT2D eigenvalue weighted by Crippen LogP contribution is 2.31. The minimum absolute atomic E-state index is 0.0510. The molecule has 0 atom stereocenters. The molecule has 1 saturated heterocycles. The Morgan fingerprint density at radius 3 is 2.42 bits per heavy atom. The van der Waals surface area contributed by atoms with E-state index in [2.05, 4.69) is 15.5 Å². The Labute approximate surface area is 181 Å². The van der Waals surface area contributed by atoms with Gasteiger partial charge in [-0.3, -0.25) is 4.79 Å². The van der Waals surface area contributed by atoms with Crippen molar-refractivity contribution in [1.82, 2.24) is 14.4 Å². The normalized spacial score (nSPS) is 15.7. The third kappa shape index (κ3) is 4.52. The summed E-state index contributed by atoms with van der Waals surface area (Å²) < 4.78 is 32.9. The van der Waals surface area contributed by atoms with Crippen LogP contribution in [0, 0.1) is 6.92 Å². The quantitative estimate of drug-likeness (QED) is 0.650. The maximum absolute atomic E-state index is 13.0. The van der Waals surface area contributed by atoms with Gasteiger partial charge in [0.05, 0.1) is 4.90 Å². The molecule has 3 aromatic rings. The van der Waals surface area contributed by atoms with Gasteiger partial charge in [-0.2, -0.15) is 9.29 Å². The third-order valence-electron chi connectivity index (χ3n) is 5.45. The van der Waals surface area contributed by atoms with Gasteiger partial charge in [0.2, 0.25) is 15.9 Å². The number of carbonyl (C=O) groups is 1. The molecule has 1 amide bonds. The second-order valence-corrected chi connectivity index (χ2v) is 9.59. The number of sulfonamides is 1. The van der Waals surface area contributed by atoms with E-state index < -0.39 is 10.0 Å². The Balaban J connectivity index is 1.43. The van der Waals surface area contributed by atoms with Crippen LogP contribution in [0.2, 0.25) is 0 Å². The summed E-state index contributed by atoms with van der Waals surface area (Å²) >= 11 is 0. The molecule has 2 aromatic carbocycles. The summed E-state index contributed by atoms with van der Waals surface area (Å²) in [6.45, 7) is 4.16. The molecule has 1 aliphatic rings. The number of nitrogens with zero attached hydrogens (tertiary/aromatic N) is 3. The summed E-state index contributed by atoms with van der Waals surface area (Å²) in [6, 6.07) is 14.0. The first-order valence-electron chi connectivity index (χ1n) is 10.1. The van der Waals surface area contributed by atoms with Gasteiger partial charge < -0.3 is 9.84 Å². The van der Waals surface area contributed by atoms with Crippen molar-refractivity contribution in [2.24, 2.45) is 0 Å². The van der Waals surface area contributed by atoms with Crippen LogP contribution < -0.4 is 5.32 Å². The van der Waals surface area contributed by atoms with Gasteiger partial charge in [-0.25, -0.2) is 8.42 Å². The summed E-state index contributed by atoms with van der Waals surface area (Å²) in [7, 11) is -3.60. The fourth-order valence-corrected chi connectivity index (χ4v) is 5.21. The SMILES string of the molecule is CC(=O)Nc1ccc(S(=O)(=O)N2CCC(c3noc(-c4ccccc4C)n3)CC2)cc1. The molecular formula is C22H24N4O4S. The number of rotatable bonds is 5. The van der Waals surface area contributed by atoms with E-state index in [4.69, 9.17) is 4.52 Å². The molecule has 1 aliphatic heterocycles. The summed E-state index contributed by atoms with van der Waals surface area (Å²) in [6.07, 6.45) is 1.24. The first-order chi connectivity index (χ1) is 14.8. The van der Waals surface area contributed by atoms with Gasteiger partial charge in [0.15, 0.2) is 5.82 Å². The second-order valence-electron chi connectivity index (χ2n) is 7.66. The molecule has 4 rings (SSSR count). The lowest BCUT2D eigenvalue weighted by atomic mass is 9.97. The summed E-state index contributed by atoms with van der Waals surface area (Å²) in [5.74, 6) is 0.956. The minimum Gasteiger partial charge on any atom is -0.334 e. The number of carbonyl (C=O) groups excluding carboxylic acids is 1. The van der Waals surface area contributed by atoms with E-state index in [-0.39, 0.29) is 16.7 Å². The lowest BCUT2D eigenvalue weighted by Crippen LogP contribution is -2.38. The van der Waals surface area contributed by atoms with Crippen molar-refractivity contribution in [3.8, 4) is 11.5 Å². The van der Waals surface area contributed by atoms with Crippen LogP contribution in [0.4, 0.5) is 5.69 Å². The molecule has 31 heavy (non-hydrogen) atoms. The van der Waals surface area contributed by atoms with E-state index in [0.717, 1.165) is 11.1 Å². The number of amides is 1. The van der Waals surface area contributed by atoms with E-state index in [0.29, 0.717) is 43.3 Å². The van der Waals surface area contributed by atoms with Crippen molar-refractivity contribution in [2.75, 3.05) is 18.4 Å². The maximum Gasteiger partial charge on any atom is 0.258 e. The number of aryl methyl sites for hydroxylation is 1. The number of piperidine rings is 1. The van der Waals surface area contributed by atoms with Crippen molar-refractivity contribution >= 4 is 21.6 Å². The van der Waals surface area contributed by atoms with Gasteiger partial charge in [-0.1, -0.05) is 23.4 Å². The zero-order chi connectivity index (χ0) is 22.0. The van der Waals surface area contributed by atoms with Gasteiger partial charge in [0.25, 0.3) is 5.89 Å². The molecule has 0 saturated carbocycles. The Hall–Kier alpha value is -3.04. The number of hydrogen-bond donors (Lipinski definition) is 1. The molecule has 1 N–H and O–H groups in total. The number of anilines is 1. The maximum atomic E-state index is 13.0. The largest absolute Gasteiger partial charge is 0.334 e. The Kier molecular flexibility index (Phi) is 5.88. The van der Waals surface area contributed by atoms with E-state index >= 15 is 0 Å². The first kappa shape index (κ1) is 21.2. The van der Waals surface area contributed by atoms with E-state index in [1.165, 1.54) is 23.4 Å². The Morgan fingerprint density at radius 2 is 1.77 bits per heavy atom. The number of aromatic nitrogens is 2. The van der Waals surface area contributed by atoms with Crippen molar-refractivity contribution in [2.45, 2.75) is 37.5 Å². The lowest BCUT2D eigenvalue weighted by molar-refractivity contribution is -0.114. The highest BCUT2D eigenvalue weighted by atomic mass is 32.2. The molecule has 8 nitrogen and oxygen atoms in total. The van der Waals surface area contributed by atoms with Gasteiger partial charge >= 0.3 is 0 Å². The molecule has 162 valence electrons. The van der Waals surface area contributed by atoms with Crippen LogP contribution in [0.5, 0.6) is 0 Å². The van der Waals surface area contributed by atoms with E-state index in [9.17, 15) is 13.2 Å². The Morgan fingerprint density at radius 1 is 1.10 bits per heavy atom. The van der Waals surface area contributed by atoms with Crippen molar-refractivity contribution in [3.05, 3.63) is 59.9 Å². The van der Waals surface area contributed by atoms with E-state index in [1.54, 1.807) is 12.1 Å². The second kappa shape index (κ2) is 8.60. The first-order valence-corrected chi connectivity index (χ1v) is 11.6. The average molecular weight is 441 g/mol. The van der Waals surface area contributed by atoms with Gasteiger partial charge in [-0.15, -0.1) is 0 Å². The average Bonchev–Trinajstić information content (AvgIpc) is 3.24. The van der Waals surface area contributed by atoms with Gasteiger partial charge in [0.1, 0.15) is 0 Å². The van der Waals surface area contributed by atoms with E-state index in [1.807, 2.05) is 31.2 Å². The molecular weight excluding hydrogens is 416 g/mol. The topological polar surface area (TPSA) is 105 Å². The fraction of sp³-hybridized carbons (Fsp3) is 0.318. The van der Waals surface area contributed by atoms with Crippen LogP contribution in [-0.4, -0.2) is 41.9 Å². The van der Waals surface area contributed by atoms with Crippen LogP contribution in [0.25, 0.3) is 11.5 Å². The highest BCUT2D eigenvalue weighted by molar-refractivity contribution is 7.89. The Bertz CT molecular complexity index is 1180. The third-order valence-corrected chi connectivity index (χ3v) is 7.36. The van der Waals surface area contributed by atoms with Crippen LogP contribution in [0.1, 0.15) is 37.1 Å². The molecule has 9 heteroatoms. The molecule has 1 fully saturated rings. The van der Waals surface area contributed by atoms with Crippen LogP contribution >= 0.6 is 0 Å². The monoisotopic (exact) mass is 440 g/mol. The predicted octanol–water partition coefficient (Wildman–Crippen LogP) is 3.57. The number of hydrogen-bond acceptors (Lipinski definition) is 6. The molecule has 0 radical (unpaired) electrons. The van der Waals surface area contributed by atoms with Gasteiger partial charge in [0, 0.05) is 37.2 Å². The van der Waals surface area contributed by atoms with Crippen molar-refractivity contribution in [3.63, 3.8) is 0 Å². The number of benzene rings is 2. The highest BCUT2D eigenvalue weighted by Gasteiger charge is 2.32. The molecule has 0 unspecified atom stereocenters. The molecule has 2 heterocycles. The standard InChI is InChI=1S/C22H24N4O4S/c1-15-5-3-4-6-20(15)22-24-21(25-30-22)17-11-13-26(14-12-17)31(28,29)19-9-7-18(8-10-19)23-16(2)27/h3-10,17H,11-14H2,1-2H3,(H,23,27). The zero-order valence-electron chi connectivity index (χ0n) is 17.4. The summed E-state index contributed by atoms with van der Waals surface area (Å²) in [5, 5.41) is 6.78. The molecule has 0 aliphatic carbocycles. The summed E-state index contributed by atoms with van der Waals surface area (Å²) in [4.78, 5) is 15.9. The fourth-order valence-electron chi connectivity index (χ4n) is 3.74. The van der Waals surface area contributed by atoms with Crippen LogP contribution in [-0.2, 0) is 14.8 Å². The zero-order valence-corrected chi connectivity index (χ0v) is 18.2.